The molecule has 6 heteroatoms. The van der Waals surface area contributed by atoms with Gasteiger partial charge >= 0.3 is 5.97 Å². The molecule has 4 N–H and O–H groups in total. The topological polar surface area (TPSA) is 92.4 Å². The molecule has 0 aliphatic heterocycles. The van der Waals surface area contributed by atoms with Gasteiger partial charge in [0.05, 0.1) is 16.1 Å². The van der Waals surface area contributed by atoms with E-state index < -0.39 is 11.4 Å². The zero-order chi connectivity index (χ0) is 15.6. The Morgan fingerprint density at radius 3 is 2.76 bits per heavy atom. The van der Waals surface area contributed by atoms with E-state index in [4.69, 9.17) is 17.3 Å². The smallest absolute Gasteiger partial charge is 0.311 e. The summed E-state index contributed by atoms with van der Waals surface area (Å²) >= 11 is 5.83. The third-order valence-electron chi connectivity index (χ3n) is 4.26. The number of nitrogen functional groups attached to an aromatic ring is 1. The van der Waals surface area contributed by atoms with Crippen molar-refractivity contribution in [1.82, 2.24) is 5.32 Å². The summed E-state index contributed by atoms with van der Waals surface area (Å²) in [6.07, 6.45) is 3.01. The predicted octanol–water partition coefficient (Wildman–Crippen LogP) is 2.69. The highest BCUT2D eigenvalue weighted by molar-refractivity contribution is 6.33. The number of benzene rings is 1. The van der Waals surface area contributed by atoms with Gasteiger partial charge in [0.2, 0.25) is 0 Å². The second-order valence-corrected chi connectivity index (χ2v) is 6.14. The Kier molecular flexibility index (Phi) is 4.42. The molecule has 0 aromatic heterocycles. The molecule has 2 unspecified atom stereocenters. The van der Waals surface area contributed by atoms with Crippen LogP contribution in [0.5, 0.6) is 0 Å². The minimum Gasteiger partial charge on any atom is -0.481 e. The summed E-state index contributed by atoms with van der Waals surface area (Å²) in [4.78, 5) is 23.8. The molecular weight excluding hydrogens is 292 g/mol. The van der Waals surface area contributed by atoms with Gasteiger partial charge in [-0.1, -0.05) is 24.4 Å². The number of carboxylic acid groups (broad SMARTS) is 1. The highest BCUT2D eigenvalue weighted by Gasteiger charge is 2.43. The molecule has 1 aromatic rings. The van der Waals surface area contributed by atoms with Gasteiger partial charge in [0, 0.05) is 11.6 Å². The van der Waals surface area contributed by atoms with Crippen molar-refractivity contribution in [3.8, 4) is 0 Å². The average Bonchev–Trinajstić information content (AvgIpc) is 2.44. The van der Waals surface area contributed by atoms with E-state index >= 15 is 0 Å². The van der Waals surface area contributed by atoms with E-state index in [1.165, 1.54) is 6.07 Å². The third kappa shape index (κ3) is 3.13. The lowest BCUT2D eigenvalue weighted by molar-refractivity contribution is -0.151. The molecule has 2 rings (SSSR count). The fraction of sp³-hybridized carbons (Fsp3) is 0.467. The summed E-state index contributed by atoms with van der Waals surface area (Å²) < 4.78 is 0. The van der Waals surface area contributed by atoms with Gasteiger partial charge in [-0.3, -0.25) is 9.59 Å². The predicted molar refractivity (Wildman–Crippen MR) is 81.3 cm³/mol. The lowest BCUT2D eigenvalue weighted by atomic mass is 9.71. The number of nitrogens with one attached hydrogen (secondary N) is 1. The number of hydrogen-bond acceptors (Lipinski definition) is 3. The van der Waals surface area contributed by atoms with Gasteiger partial charge in [0.1, 0.15) is 0 Å². The zero-order valence-corrected chi connectivity index (χ0v) is 12.6. The van der Waals surface area contributed by atoms with Crippen LogP contribution >= 0.6 is 11.6 Å². The Balaban J connectivity index is 2.17. The number of carbonyl (C=O) groups excluding carboxylic acids is 1. The Bertz CT molecular complexity index is 576. The third-order valence-corrected chi connectivity index (χ3v) is 4.60. The van der Waals surface area contributed by atoms with E-state index in [0.29, 0.717) is 29.1 Å². The van der Waals surface area contributed by atoms with Crippen molar-refractivity contribution in [1.29, 1.82) is 0 Å². The minimum absolute atomic E-state index is 0.322. The molecule has 0 heterocycles. The molecule has 2 atom stereocenters. The minimum atomic E-state index is -0.925. The van der Waals surface area contributed by atoms with Gasteiger partial charge in [0.15, 0.2) is 0 Å². The Morgan fingerprint density at radius 1 is 1.43 bits per heavy atom. The van der Waals surface area contributed by atoms with Crippen LogP contribution < -0.4 is 11.1 Å². The number of rotatable bonds is 3. The van der Waals surface area contributed by atoms with Crippen molar-refractivity contribution in [3.05, 3.63) is 28.8 Å². The van der Waals surface area contributed by atoms with Crippen molar-refractivity contribution in [2.75, 3.05) is 5.73 Å². The highest BCUT2D eigenvalue weighted by atomic mass is 35.5. The number of halogens is 1. The lowest BCUT2D eigenvalue weighted by Gasteiger charge is -2.38. The zero-order valence-electron chi connectivity index (χ0n) is 11.9. The van der Waals surface area contributed by atoms with Crippen LogP contribution in [0.25, 0.3) is 0 Å². The van der Waals surface area contributed by atoms with Gasteiger partial charge in [-0.25, -0.2) is 0 Å². The largest absolute Gasteiger partial charge is 0.481 e. The molecule has 0 bridgehead atoms. The summed E-state index contributed by atoms with van der Waals surface area (Å²) in [5, 5.41) is 12.7. The first-order chi connectivity index (χ1) is 9.84. The average molecular weight is 311 g/mol. The maximum absolute atomic E-state index is 12.3. The van der Waals surface area contributed by atoms with Crippen LogP contribution in [-0.4, -0.2) is 23.0 Å². The molecule has 21 heavy (non-hydrogen) atoms. The van der Waals surface area contributed by atoms with E-state index in [9.17, 15) is 14.7 Å². The summed E-state index contributed by atoms with van der Waals surface area (Å²) in [7, 11) is 0. The molecule has 0 spiro atoms. The summed E-state index contributed by atoms with van der Waals surface area (Å²) in [6.45, 7) is 1.69. The van der Waals surface area contributed by atoms with Gasteiger partial charge in [-0.15, -0.1) is 0 Å². The first kappa shape index (κ1) is 15.6. The summed E-state index contributed by atoms with van der Waals surface area (Å²) in [5.74, 6) is -1.19. The van der Waals surface area contributed by atoms with E-state index in [2.05, 4.69) is 5.32 Å². The van der Waals surface area contributed by atoms with Crippen molar-refractivity contribution >= 4 is 29.2 Å². The second-order valence-electron chi connectivity index (χ2n) is 5.73. The SMILES string of the molecule is CC1(C(=O)O)CCCCC1NC(=O)c1ccc(Cl)c(N)c1. The molecule has 1 aliphatic carbocycles. The van der Waals surface area contributed by atoms with Crippen LogP contribution in [0.4, 0.5) is 5.69 Å². The highest BCUT2D eigenvalue weighted by Crippen LogP contribution is 2.36. The second kappa shape index (κ2) is 5.93. The van der Waals surface area contributed by atoms with Crippen molar-refractivity contribution < 1.29 is 14.7 Å². The molecular formula is C15H19ClN2O3. The standard InChI is InChI=1S/C15H19ClN2O3/c1-15(14(20)21)7-3-2-4-12(15)18-13(19)9-5-6-10(16)11(17)8-9/h5-6,8,12H,2-4,7,17H2,1H3,(H,18,19)(H,20,21). The van der Waals surface area contributed by atoms with Crippen LogP contribution in [-0.2, 0) is 4.79 Å². The maximum atomic E-state index is 12.3. The van der Waals surface area contributed by atoms with E-state index in [0.717, 1.165) is 12.8 Å². The molecule has 1 fully saturated rings. The molecule has 114 valence electrons. The van der Waals surface area contributed by atoms with Gasteiger partial charge in [0.25, 0.3) is 5.91 Å². The number of hydrogen-bond donors (Lipinski definition) is 3. The number of anilines is 1. The quantitative estimate of drug-likeness (QED) is 0.748. The van der Waals surface area contributed by atoms with Crippen LogP contribution in [0.15, 0.2) is 18.2 Å². The van der Waals surface area contributed by atoms with Crippen molar-refractivity contribution in [2.45, 2.75) is 38.6 Å². The van der Waals surface area contributed by atoms with Crippen molar-refractivity contribution in [3.63, 3.8) is 0 Å². The number of carboxylic acids is 1. The molecule has 1 saturated carbocycles. The Morgan fingerprint density at radius 2 is 2.14 bits per heavy atom. The summed E-state index contributed by atoms with van der Waals surface area (Å²) in [6, 6.07) is 4.25. The van der Waals surface area contributed by atoms with E-state index in [1.54, 1.807) is 19.1 Å². The molecule has 1 aliphatic rings. The fourth-order valence-corrected chi connectivity index (χ4v) is 2.87. The molecule has 0 saturated heterocycles. The Labute approximate surface area is 128 Å². The number of carbonyl (C=O) groups is 2. The number of aliphatic carboxylic acids is 1. The lowest BCUT2D eigenvalue weighted by Crippen LogP contribution is -2.52. The summed E-state index contributed by atoms with van der Waals surface area (Å²) in [5.41, 5.74) is 5.47. The van der Waals surface area contributed by atoms with Crippen LogP contribution in [0.2, 0.25) is 5.02 Å². The molecule has 1 amide bonds. The molecule has 1 aromatic carbocycles. The van der Waals surface area contributed by atoms with E-state index in [1.807, 2.05) is 0 Å². The Hall–Kier alpha value is -1.75. The fourth-order valence-electron chi connectivity index (χ4n) is 2.75. The maximum Gasteiger partial charge on any atom is 0.311 e. The molecule has 0 radical (unpaired) electrons. The first-order valence-electron chi connectivity index (χ1n) is 6.94. The van der Waals surface area contributed by atoms with Crippen LogP contribution in [0.3, 0.4) is 0 Å². The monoisotopic (exact) mass is 310 g/mol. The van der Waals surface area contributed by atoms with Gasteiger partial charge < -0.3 is 16.2 Å². The van der Waals surface area contributed by atoms with Crippen LogP contribution in [0, 0.1) is 5.41 Å². The molecule has 5 nitrogen and oxygen atoms in total. The van der Waals surface area contributed by atoms with Crippen LogP contribution in [0.1, 0.15) is 43.0 Å². The van der Waals surface area contributed by atoms with Gasteiger partial charge in [-0.05, 0) is 38.0 Å². The van der Waals surface area contributed by atoms with Crippen molar-refractivity contribution in [2.24, 2.45) is 5.41 Å². The first-order valence-corrected chi connectivity index (χ1v) is 7.31. The normalized spacial score (nSPS) is 25.3. The van der Waals surface area contributed by atoms with Gasteiger partial charge in [-0.2, -0.15) is 0 Å². The number of nitrogens with two attached hydrogens (primary N) is 1. The number of amides is 1. The van der Waals surface area contributed by atoms with E-state index in [-0.39, 0.29) is 11.9 Å².